The van der Waals surface area contributed by atoms with Gasteiger partial charge in [-0.25, -0.2) is 0 Å². The minimum Gasteiger partial charge on any atom is -0.492 e. The predicted molar refractivity (Wildman–Crippen MR) is 115 cm³/mol. The molecule has 4 heteroatoms. The molecule has 1 fully saturated rings. The summed E-state index contributed by atoms with van der Waals surface area (Å²) < 4.78 is 10.4. The highest BCUT2D eigenvalue weighted by atomic mass is 16.5. The van der Waals surface area contributed by atoms with Crippen LogP contribution in [0.1, 0.15) is 51.9 Å². The van der Waals surface area contributed by atoms with Gasteiger partial charge in [0.25, 0.3) is 0 Å². The number of hydrogen-bond donors (Lipinski definition) is 1. The molecule has 1 aliphatic carbocycles. The van der Waals surface area contributed by atoms with Gasteiger partial charge in [0.15, 0.2) is 0 Å². The van der Waals surface area contributed by atoms with E-state index >= 15 is 0 Å². The molecule has 1 aliphatic rings. The zero-order valence-electron chi connectivity index (χ0n) is 17.7. The summed E-state index contributed by atoms with van der Waals surface area (Å²) in [6.45, 7) is 6.75. The highest BCUT2D eigenvalue weighted by molar-refractivity contribution is 5.68. The molecule has 158 valence electrons. The van der Waals surface area contributed by atoms with Crippen molar-refractivity contribution in [2.45, 2.75) is 58.0 Å². The lowest BCUT2D eigenvalue weighted by Gasteiger charge is -2.17. The predicted octanol–water partition coefficient (Wildman–Crippen LogP) is 4.77. The minimum absolute atomic E-state index is 0.0447. The second kappa shape index (κ2) is 12.3. The third-order valence-corrected chi connectivity index (χ3v) is 5.46. The van der Waals surface area contributed by atoms with Crippen LogP contribution >= 0.6 is 0 Å². The number of ether oxygens (including phenoxy) is 2. The van der Waals surface area contributed by atoms with Crippen molar-refractivity contribution in [1.29, 1.82) is 0 Å². The summed E-state index contributed by atoms with van der Waals surface area (Å²) in [5.74, 6) is 7.60. The van der Waals surface area contributed by atoms with Crippen LogP contribution in [-0.4, -0.2) is 30.9 Å². The molecule has 0 spiro atoms. The molecule has 4 nitrogen and oxygen atoms in total. The standard InChI is InChI=1S/C25H34O4/c1-19(18-29-21-11-7-6-8-12-21)15-16-23-22(20(2)17-24(23)26)13-9-4-5-10-14-25(27)28-3/h6-8,11-12,19,22-24,26H,2,4-5,9-10,13-14,17-18H2,1,3H3/t19-,22+,23-,24-/m1/s1. The number of para-hydroxylation sites is 1. The van der Waals surface area contributed by atoms with E-state index in [1.54, 1.807) is 0 Å². The fraction of sp³-hybridized carbons (Fsp3) is 0.560. The van der Waals surface area contributed by atoms with E-state index in [0.29, 0.717) is 19.4 Å². The first-order valence-corrected chi connectivity index (χ1v) is 10.6. The summed E-state index contributed by atoms with van der Waals surface area (Å²) in [6, 6.07) is 9.74. The highest BCUT2D eigenvalue weighted by Crippen LogP contribution is 2.39. The topological polar surface area (TPSA) is 55.8 Å². The Morgan fingerprint density at radius 2 is 1.97 bits per heavy atom. The summed E-state index contributed by atoms with van der Waals surface area (Å²) in [6.07, 6.45) is 5.69. The Labute approximate surface area is 175 Å². The van der Waals surface area contributed by atoms with Gasteiger partial charge < -0.3 is 14.6 Å². The largest absolute Gasteiger partial charge is 0.492 e. The molecule has 0 unspecified atom stereocenters. The number of carbonyl (C=O) groups excluding carboxylic acids is 1. The van der Waals surface area contributed by atoms with Crippen LogP contribution in [0, 0.1) is 29.6 Å². The number of benzene rings is 1. The maximum absolute atomic E-state index is 11.1. The van der Waals surface area contributed by atoms with Crippen LogP contribution in [0.15, 0.2) is 42.5 Å². The van der Waals surface area contributed by atoms with Crippen LogP contribution in [0.3, 0.4) is 0 Å². The average molecular weight is 399 g/mol. The first-order valence-electron chi connectivity index (χ1n) is 10.6. The molecule has 4 atom stereocenters. The number of carbonyl (C=O) groups is 1. The number of hydrogen-bond acceptors (Lipinski definition) is 4. The van der Waals surface area contributed by atoms with Crippen molar-refractivity contribution in [3.05, 3.63) is 42.5 Å². The van der Waals surface area contributed by atoms with Gasteiger partial charge in [-0.1, -0.05) is 61.5 Å². The molecule has 0 amide bonds. The van der Waals surface area contributed by atoms with Crippen molar-refractivity contribution in [3.63, 3.8) is 0 Å². The lowest BCUT2D eigenvalue weighted by atomic mass is 9.88. The fourth-order valence-electron chi connectivity index (χ4n) is 3.76. The van der Waals surface area contributed by atoms with Gasteiger partial charge in [0.05, 0.1) is 25.0 Å². The smallest absolute Gasteiger partial charge is 0.305 e. The summed E-state index contributed by atoms with van der Waals surface area (Å²) in [5.41, 5.74) is 1.11. The molecule has 0 radical (unpaired) electrons. The third kappa shape index (κ3) is 7.95. The van der Waals surface area contributed by atoms with Gasteiger partial charge in [0.2, 0.25) is 0 Å². The lowest BCUT2D eigenvalue weighted by molar-refractivity contribution is -0.140. The molecule has 1 aromatic carbocycles. The Morgan fingerprint density at radius 3 is 2.69 bits per heavy atom. The molecule has 2 rings (SSSR count). The molecule has 0 bridgehead atoms. The van der Waals surface area contributed by atoms with Crippen molar-refractivity contribution in [3.8, 4) is 17.6 Å². The van der Waals surface area contributed by atoms with Crippen LogP contribution in [-0.2, 0) is 9.53 Å². The summed E-state index contributed by atoms with van der Waals surface area (Å²) in [7, 11) is 1.43. The SMILES string of the molecule is C=C1C[C@@H](O)[C@H](C#C[C@@H](C)COc2ccccc2)[C@H]1CCCCCCC(=O)OC. The molecular formula is C25H34O4. The lowest BCUT2D eigenvalue weighted by Crippen LogP contribution is -2.18. The molecule has 1 saturated carbocycles. The number of methoxy groups -OCH3 is 1. The van der Waals surface area contributed by atoms with Gasteiger partial charge in [-0.2, -0.15) is 0 Å². The molecule has 1 N–H and O–H groups in total. The van der Waals surface area contributed by atoms with E-state index in [9.17, 15) is 9.90 Å². The van der Waals surface area contributed by atoms with E-state index in [1.165, 1.54) is 7.11 Å². The van der Waals surface area contributed by atoms with E-state index in [0.717, 1.165) is 43.4 Å². The van der Waals surface area contributed by atoms with Gasteiger partial charge >= 0.3 is 5.97 Å². The van der Waals surface area contributed by atoms with E-state index < -0.39 is 6.10 Å². The quantitative estimate of drug-likeness (QED) is 0.267. The number of aliphatic hydroxyl groups is 1. The van der Waals surface area contributed by atoms with Crippen molar-refractivity contribution >= 4 is 5.97 Å². The number of esters is 1. The Kier molecular flexibility index (Phi) is 9.80. The number of unbranched alkanes of at least 4 members (excludes halogenated alkanes) is 3. The molecule has 0 aromatic heterocycles. The average Bonchev–Trinajstić information content (AvgIpc) is 3.00. The second-order valence-corrected chi connectivity index (χ2v) is 7.90. The fourth-order valence-corrected chi connectivity index (χ4v) is 3.76. The molecule has 0 heterocycles. The maximum atomic E-state index is 11.1. The van der Waals surface area contributed by atoms with E-state index in [-0.39, 0.29) is 23.7 Å². The van der Waals surface area contributed by atoms with Gasteiger partial charge in [-0.05, 0) is 44.2 Å². The highest BCUT2D eigenvalue weighted by Gasteiger charge is 2.36. The van der Waals surface area contributed by atoms with E-state index in [2.05, 4.69) is 23.2 Å². The first-order chi connectivity index (χ1) is 14.0. The molecule has 1 aromatic rings. The zero-order valence-corrected chi connectivity index (χ0v) is 17.7. The number of rotatable bonds is 10. The summed E-state index contributed by atoms with van der Waals surface area (Å²) in [4.78, 5) is 11.1. The van der Waals surface area contributed by atoms with Crippen LogP contribution in [0.25, 0.3) is 0 Å². The van der Waals surface area contributed by atoms with Crippen LogP contribution in [0.4, 0.5) is 0 Å². The van der Waals surface area contributed by atoms with Crippen LogP contribution in [0.5, 0.6) is 5.75 Å². The Bertz CT molecular complexity index is 701. The van der Waals surface area contributed by atoms with E-state index in [1.807, 2.05) is 37.3 Å². The van der Waals surface area contributed by atoms with Crippen molar-refractivity contribution < 1.29 is 19.4 Å². The molecule has 29 heavy (non-hydrogen) atoms. The zero-order chi connectivity index (χ0) is 21.1. The number of aliphatic hydroxyl groups excluding tert-OH is 1. The van der Waals surface area contributed by atoms with Gasteiger partial charge in [-0.15, -0.1) is 0 Å². The minimum atomic E-state index is -0.429. The second-order valence-electron chi connectivity index (χ2n) is 7.90. The maximum Gasteiger partial charge on any atom is 0.305 e. The van der Waals surface area contributed by atoms with Gasteiger partial charge in [0.1, 0.15) is 12.4 Å². The summed E-state index contributed by atoms with van der Waals surface area (Å²) >= 11 is 0. The Morgan fingerprint density at radius 1 is 1.24 bits per heavy atom. The molecular weight excluding hydrogens is 364 g/mol. The van der Waals surface area contributed by atoms with Crippen LogP contribution < -0.4 is 4.74 Å². The van der Waals surface area contributed by atoms with E-state index in [4.69, 9.17) is 4.74 Å². The third-order valence-electron chi connectivity index (χ3n) is 5.46. The monoisotopic (exact) mass is 398 g/mol. The van der Waals surface area contributed by atoms with Crippen molar-refractivity contribution in [2.75, 3.05) is 13.7 Å². The van der Waals surface area contributed by atoms with Crippen LogP contribution in [0.2, 0.25) is 0 Å². The van der Waals surface area contributed by atoms with Crippen molar-refractivity contribution in [1.82, 2.24) is 0 Å². The summed E-state index contributed by atoms with van der Waals surface area (Å²) in [5, 5.41) is 10.4. The normalized spacial score (nSPS) is 21.9. The Hall–Kier alpha value is -2.25. The van der Waals surface area contributed by atoms with Gasteiger partial charge in [0, 0.05) is 6.42 Å². The molecule has 0 aliphatic heterocycles. The Balaban J connectivity index is 1.77. The molecule has 0 saturated heterocycles. The first kappa shape index (κ1) is 23.0. The van der Waals surface area contributed by atoms with Gasteiger partial charge in [-0.3, -0.25) is 4.79 Å². The van der Waals surface area contributed by atoms with Crippen molar-refractivity contribution in [2.24, 2.45) is 17.8 Å².